The molecule has 0 aliphatic heterocycles. The van der Waals surface area contributed by atoms with Crippen LogP contribution in [0.3, 0.4) is 0 Å². The van der Waals surface area contributed by atoms with Crippen molar-refractivity contribution in [3.05, 3.63) is 0 Å². The Labute approximate surface area is 75.9 Å². The third-order valence-electron chi connectivity index (χ3n) is 4.00. The molecule has 12 heavy (non-hydrogen) atoms. The molecule has 1 heteroatoms. The molecular formula is C11H21N. The second-order valence-electron chi connectivity index (χ2n) is 4.65. The predicted octanol–water partition coefficient (Wildman–Crippen LogP) is 2.56. The van der Waals surface area contributed by atoms with Crippen molar-refractivity contribution in [3.8, 4) is 0 Å². The minimum atomic E-state index is 0.752. The summed E-state index contributed by atoms with van der Waals surface area (Å²) >= 11 is 0. The van der Waals surface area contributed by atoms with E-state index in [1.165, 1.54) is 38.6 Å². The van der Waals surface area contributed by atoms with Crippen molar-refractivity contribution in [3.63, 3.8) is 0 Å². The smallest absolute Gasteiger partial charge is 0.00683 e. The van der Waals surface area contributed by atoms with Gasteiger partial charge in [-0.3, -0.25) is 0 Å². The van der Waals surface area contributed by atoms with E-state index in [2.05, 4.69) is 19.2 Å². The summed E-state index contributed by atoms with van der Waals surface area (Å²) in [6.45, 7) is 5.99. The lowest BCUT2D eigenvalue weighted by atomic mass is 9.97. The minimum Gasteiger partial charge on any atom is -0.314 e. The molecule has 0 spiro atoms. The zero-order chi connectivity index (χ0) is 8.60. The van der Waals surface area contributed by atoms with E-state index in [1.54, 1.807) is 0 Å². The third-order valence-corrected chi connectivity index (χ3v) is 4.00. The second kappa shape index (κ2) is 3.02. The highest BCUT2D eigenvalue weighted by Crippen LogP contribution is 2.57. The Balaban J connectivity index is 1.69. The lowest BCUT2D eigenvalue weighted by Gasteiger charge is -2.11. The molecule has 1 N–H and O–H groups in total. The fourth-order valence-corrected chi connectivity index (χ4v) is 2.43. The summed E-state index contributed by atoms with van der Waals surface area (Å²) in [7, 11) is 0. The van der Waals surface area contributed by atoms with Crippen molar-refractivity contribution in [1.82, 2.24) is 5.32 Å². The van der Waals surface area contributed by atoms with E-state index in [0.29, 0.717) is 0 Å². The maximum Gasteiger partial charge on any atom is 0.00683 e. The molecule has 0 bridgehead atoms. The first kappa shape index (κ1) is 8.55. The van der Waals surface area contributed by atoms with Crippen LogP contribution in [-0.2, 0) is 0 Å². The van der Waals surface area contributed by atoms with Crippen LogP contribution < -0.4 is 5.32 Å². The number of hydrogen-bond donors (Lipinski definition) is 1. The summed E-state index contributed by atoms with van der Waals surface area (Å²) in [6, 6.07) is 0.900. The summed E-state index contributed by atoms with van der Waals surface area (Å²) in [5.41, 5.74) is 0.752. The molecule has 2 fully saturated rings. The topological polar surface area (TPSA) is 12.0 Å². The van der Waals surface area contributed by atoms with E-state index in [9.17, 15) is 0 Å². The molecule has 2 saturated carbocycles. The van der Waals surface area contributed by atoms with E-state index >= 15 is 0 Å². The monoisotopic (exact) mass is 167 g/mol. The highest BCUT2D eigenvalue weighted by molar-refractivity contribution is 5.02. The molecule has 2 aliphatic rings. The Bertz CT molecular complexity index is 156. The average molecular weight is 167 g/mol. The molecular weight excluding hydrogens is 146 g/mol. The van der Waals surface area contributed by atoms with Crippen molar-refractivity contribution < 1.29 is 0 Å². The molecule has 0 aromatic carbocycles. The van der Waals surface area contributed by atoms with Crippen LogP contribution in [0.25, 0.3) is 0 Å². The fourth-order valence-electron chi connectivity index (χ4n) is 2.43. The summed E-state index contributed by atoms with van der Waals surface area (Å²) in [6.07, 6.45) is 7.12. The third kappa shape index (κ3) is 1.52. The SMILES string of the molecule is CCC1(CC)CC1CNC1CC1. The van der Waals surface area contributed by atoms with Crippen LogP contribution >= 0.6 is 0 Å². The van der Waals surface area contributed by atoms with Gasteiger partial charge in [0.1, 0.15) is 0 Å². The van der Waals surface area contributed by atoms with Gasteiger partial charge in [0.15, 0.2) is 0 Å². The molecule has 0 aromatic rings. The minimum absolute atomic E-state index is 0.752. The summed E-state index contributed by atoms with van der Waals surface area (Å²) < 4.78 is 0. The molecule has 0 aromatic heterocycles. The van der Waals surface area contributed by atoms with Crippen molar-refractivity contribution >= 4 is 0 Å². The maximum atomic E-state index is 3.64. The number of rotatable bonds is 5. The molecule has 1 unspecified atom stereocenters. The Hall–Kier alpha value is -0.0400. The Kier molecular flexibility index (Phi) is 2.16. The molecule has 0 saturated heterocycles. The van der Waals surface area contributed by atoms with Crippen molar-refractivity contribution in [2.24, 2.45) is 11.3 Å². The van der Waals surface area contributed by atoms with Crippen molar-refractivity contribution in [1.29, 1.82) is 0 Å². The number of hydrogen-bond acceptors (Lipinski definition) is 1. The molecule has 2 aliphatic carbocycles. The van der Waals surface area contributed by atoms with Crippen LogP contribution in [0.4, 0.5) is 0 Å². The summed E-state index contributed by atoms with van der Waals surface area (Å²) in [5, 5.41) is 3.64. The number of nitrogens with one attached hydrogen (secondary N) is 1. The van der Waals surface area contributed by atoms with Gasteiger partial charge in [-0.2, -0.15) is 0 Å². The van der Waals surface area contributed by atoms with Crippen LogP contribution in [0.5, 0.6) is 0 Å². The highest BCUT2D eigenvalue weighted by Gasteiger charge is 2.50. The van der Waals surface area contributed by atoms with Gasteiger partial charge in [-0.05, 0) is 37.1 Å². The molecule has 1 nitrogen and oxygen atoms in total. The van der Waals surface area contributed by atoms with E-state index in [1.807, 2.05) is 0 Å². The van der Waals surface area contributed by atoms with Crippen molar-refractivity contribution in [2.45, 2.75) is 52.0 Å². The second-order valence-corrected chi connectivity index (χ2v) is 4.65. The normalized spacial score (nSPS) is 32.0. The summed E-state index contributed by atoms with van der Waals surface area (Å²) in [5.74, 6) is 1.01. The Morgan fingerprint density at radius 1 is 1.25 bits per heavy atom. The average Bonchev–Trinajstić information content (AvgIpc) is 2.98. The lowest BCUT2D eigenvalue weighted by molar-refractivity contribution is 0.409. The van der Waals surface area contributed by atoms with E-state index < -0.39 is 0 Å². The molecule has 2 rings (SSSR count). The van der Waals surface area contributed by atoms with Gasteiger partial charge >= 0.3 is 0 Å². The fraction of sp³-hybridized carbons (Fsp3) is 1.00. The quantitative estimate of drug-likeness (QED) is 0.663. The molecule has 0 amide bonds. The highest BCUT2D eigenvalue weighted by atomic mass is 15.0. The Morgan fingerprint density at radius 3 is 2.33 bits per heavy atom. The first-order chi connectivity index (χ1) is 5.80. The van der Waals surface area contributed by atoms with Crippen LogP contribution in [0, 0.1) is 11.3 Å². The van der Waals surface area contributed by atoms with Crippen LogP contribution in [0.1, 0.15) is 46.0 Å². The maximum absolute atomic E-state index is 3.64. The van der Waals surface area contributed by atoms with Crippen LogP contribution in [0.2, 0.25) is 0 Å². The van der Waals surface area contributed by atoms with Gasteiger partial charge in [0.05, 0.1) is 0 Å². The van der Waals surface area contributed by atoms with Gasteiger partial charge in [-0.15, -0.1) is 0 Å². The van der Waals surface area contributed by atoms with E-state index in [-0.39, 0.29) is 0 Å². The van der Waals surface area contributed by atoms with Crippen molar-refractivity contribution in [2.75, 3.05) is 6.54 Å². The van der Waals surface area contributed by atoms with Gasteiger partial charge in [-0.1, -0.05) is 26.7 Å². The molecule has 1 atom stereocenters. The van der Waals surface area contributed by atoms with Gasteiger partial charge in [0.2, 0.25) is 0 Å². The van der Waals surface area contributed by atoms with E-state index in [4.69, 9.17) is 0 Å². The summed E-state index contributed by atoms with van der Waals surface area (Å²) in [4.78, 5) is 0. The largest absolute Gasteiger partial charge is 0.314 e. The van der Waals surface area contributed by atoms with Crippen LogP contribution in [-0.4, -0.2) is 12.6 Å². The standard InChI is InChI=1S/C11H21N/c1-3-11(4-2)7-9(11)8-12-10-5-6-10/h9-10,12H,3-8H2,1-2H3. The van der Waals surface area contributed by atoms with Gasteiger partial charge in [0, 0.05) is 6.04 Å². The first-order valence-electron chi connectivity index (χ1n) is 5.54. The zero-order valence-corrected chi connectivity index (χ0v) is 8.40. The van der Waals surface area contributed by atoms with Gasteiger partial charge < -0.3 is 5.32 Å². The zero-order valence-electron chi connectivity index (χ0n) is 8.40. The Morgan fingerprint density at radius 2 is 1.92 bits per heavy atom. The van der Waals surface area contributed by atoms with Crippen LogP contribution in [0.15, 0.2) is 0 Å². The first-order valence-corrected chi connectivity index (χ1v) is 5.54. The molecule has 70 valence electrons. The lowest BCUT2D eigenvalue weighted by Crippen LogP contribution is -2.21. The molecule has 0 radical (unpaired) electrons. The van der Waals surface area contributed by atoms with Gasteiger partial charge in [0.25, 0.3) is 0 Å². The molecule has 0 heterocycles. The van der Waals surface area contributed by atoms with Gasteiger partial charge in [-0.25, -0.2) is 0 Å². The predicted molar refractivity (Wildman–Crippen MR) is 52.1 cm³/mol. The van der Waals surface area contributed by atoms with E-state index in [0.717, 1.165) is 17.4 Å².